The van der Waals surface area contributed by atoms with Crippen LogP contribution in [0.15, 0.2) is 24.3 Å². The average molecular weight is 287 g/mol. The Morgan fingerprint density at radius 3 is 2.57 bits per heavy atom. The molecule has 1 aliphatic rings. The molecule has 21 heavy (non-hydrogen) atoms. The highest BCUT2D eigenvalue weighted by Gasteiger charge is 2.46. The molecule has 0 aliphatic carbocycles. The van der Waals surface area contributed by atoms with Gasteiger partial charge in [0.2, 0.25) is 11.8 Å². The number of imide groups is 1. The van der Waals surface area contributed by atoms with Crippen molar-refractivity contribution in [3.05, 3.63) is 35.4 Å². The van der Waals surface area contributed by atoms with Gasteiger partial charge in [0.1, 0.15) is 0 Å². The molecule has 1 aromatic rings. The van der Waals surface area contributed by atoms with E-state index in [1.54, 1.807) is 0 Å². The summed E-state index contributed by atoms with van der Waals surface area (Å²) in [6.07, 6.45) is 2.34. The second-order valence-electron chi connectivity index (χ2n) is 6.97. The van der Waals surface area contributed by atoms with Crippen molar-refractivity contribution in [2.75, 3.05) is 0 Å². The summed E-state index contributed by atoms with van der Waals surface area (Å²) in [4.78, 5) is 24.3. The largest absolute Gasteiger partial charge is 0.296 e. The first-order chi connectivity index (χ1) is 9.83. The molecular formula is C18H25NO2. The minimum Gasteiger partial charge on any atom is -0.296 e. The van der Waals surface area contributed by atoms with Crippen LogP contribution in [0.4, 0.5) is 0 Å². The van der Waals surface area contributed by atoms with Crippen LogP contribution >= 0.6 is 0 Å². The van der Waals surface area contributed by atoms with Gasteiger partial charge in [-0.1, -0.05) is 51.5 Å². The van der Waals surface area contributed by atoms with Crippen molar-refractivity contribution in [3.63, 3.8) is 0 Å². The molecule has 1 aliphatic heterocycles. The first-order valence-corrected chi connectivity index (χ1v) is 7.73. The maximum Gasteiger partial charge on any atom is 0.234 e. The fraction of sp³-hybridized carbons (Fsp3) is 0.556. The highest BCUT2D eigenvalue weighted by molar-refractivity contribution is 6.02. The third-order valence-corrected chi connectivity index (χ3v) is 4.58. The number of hydrogen-bond acceptors (Lipinski definition) is 2. The smallest absolute Gasteiger partial charge is 0.234 e. The van der Waals surface area contributed by atoms with E-state index in [1.165, 1.54) is 0 Å². The molecule has 1 aromatic carbocycles. The standard InChI is InChI=1S/C18H25NO2/c1-12(2)9-10-18(4)11-15(20)19-17(21)16(18)14-8-6-5-7-13(14)3/h5-8,12,16H,9-11H2,1-4H3,(H,19,20,21). The molecule has 2 rings (SSSR count). The lowest BCUT2D eigenvalue weighted by molar-refractivity contribution is -0.139. The Hall–Kier alpha value is -1.64. The monoisotopic (exact) mass is 287 g/mol. The fourth-order valence-electron chi connectivity index (χ4n) is 3.32. The molecule has 2 amide bonds. The number of rotatable bonds is 4. The van der Waals surface area contributed by atoms with Gasteiger partial charge in [0.25, 0.3) is 0 Å². The van der Waals surface area contributed by atoms with Crippen molar-refractivity contribution >= 4 is 11.8 Å². The molecule has 0 bridgehead atoms. The summed E-state index contributed by atoms with van der Waals surface area (Å²) in [5.41, 5.74) is 1.87. The molecule has 1 heterocycles. The van der Waals surface area contributed by atoms with Crippen molar-refractivity contribution < 1.29 is 9.59 Å². The van der Waals surface area contributed by atoms with Gasteiger partial charge < -0.3 is 0 Å². The number of nitrogens with one attached hydrogen (secondary N) is 1. The Bertz CT molecular complexity index is 550. The third-order valence-electron chi connectivity index (χ3n) is 4.58. The van der Waals surface area contributed by atoms with E-state index in [0.29, 0.717) is 12.3 Å². The molecule has 1 fully saturated rings. The van der Waals surface area contributed by atoms with Crippen LogP contribution in [-0.4, -0.2) is 11.8 Å². The average Bonchev–Trinajstić information content (AvgIpc) is 2.38. The number of amides is 2. The molecule has 2 unspecified atom stereocenters. The summed E-state index contributed by atoms with van der Waals surface area (Å²) in [6.45, 7) is 8.47. The Labute approximate surface area is 127 Å². The van der Waals surface area contributed by atoms with Gasteiger partial charge in [0.15, 0.2) is 0 Å². The number of benzene rings is 1. The Morgan fingerprint density at radius 1 is 1.29 bits per heavy atom. The maximum absolute atomic E-state index is 12.5. The number of aryl methyl sites for hydroxylation is 1. The molecule has 0 aromatic heterocycles. The first-order valence-electron chi connectivity index (χ1n) is 7.73. The Morgan fingerprint density at radius 2 is 1.95 bits per heavy atom. The normalized spacial score (nSPS) is 26.0. The molecule has 114 valence electrons. The van der Waals surface area contributed by atoms with Crippen molar-refractivity contribution in [2.24, 2.45) is 11.3 Å². The van der Waals surface area contributed by atoms with Crippen LogP contribution < -0.4 is 5.32 Å². The Kier molecular flexibility index (Phi) is 4.50. The lowest BCUT2D eigenvalue weighted by Crippen LogP contribution is -2.49. The van der Waals surface area contributed by atoms with E-state index in [0.717, 1.165) is 24.0 Å². The van der Waals surface area contributed by atoms with Crippen LogP contribution in [0, 0.1) is 18.3 Å². The molecule has 1 N–H and O–H groups in total. The van der Waals surface area contributed by atoms with E-state index in [9.17, 15) is 9.59 Å². The van der Waals surface area contributed by atoms with Crippen LogP contribution in [-0.2, 0) is 9.59 Å². The van der Waals surface area contributed by atoms with E-state index in [2.05, 4.69) is 26.1 Å². The van der Waals surface area contributed by atoms with Crippen LogP contribution in [0.25, 0.3) is 0 Å². The van der Waals surface area contributed by atoms with Crippen LogP contribution in [0.1, 0.15) is 57.1 Å². The molecule has 0 radical (unpaired) electrons. The summed E-state index contributed by atoms with van der Waals surface area (Å²) in [6, 6.07) is 8.00. The van der Waals surface area contributed by atoms with E-state index in [1.807, 2.05) is 31.2 Å². The summed E-state index contributed by atoms with van der Waals surface area (Å²) in [5.74, 6) is 0.0393. The summed E-state index contributed by atoms with van der Waals surface area (Å²) < 4.78 is 0. The predicted octanol–water partition coefficient (Wildman–Crippen LogP) is 3.57. The predicted molar refractivity (Wildman–Crippen MR) is 83.9 cm³/mol. The van der Waals surface area contributed by atoms with E-state index >= 15 is 0 Å². The van der Waals surface area contributed by atoms with Crippen molar-refractivity contribution in [2.45, 2.75) is 52.9 Å². The fourth-order valence-corrected chi connectivity index (χ4v) is 3.32. The van der Waals surface area contributed by atoms with Gasteiger partial charge in [0.05, 0.1) is 5.92 Å². The SMILES string of the molecule is Cc1ccccc1C1C(=O)NC(=O)CC1(C)CCC(C)C. The zero-order valence-corrected chi connectivity index (χ0v) is 13.4. The van der Waals surface area contributed by atoms with Gasteiger partial charge in [-0.3, -0.25) is 14.9 Å². The number of piperidine rings is 1. The van der Waals surface area contributed by atoms with Crippen LogP contribution in [0.5, 0.6) is 0 Å². The minimum absolute atomic E-state index is 0.143. The van der Waals surface area contributed by atoms with Crippen molar-refractivity contribution in [1.82, 2.24) is 5.32 Å². The number of hydrogen-bond donors (Lipinski definition) is 1. The second-order valence-corrected chi connectivity index (χ2v) is 6.97. The van der Waals surface area contributed by atoms with E-state index in [-0.39, 0.29) is 23.1 Å². The van der Waals surface area contributed by atoms with Gasteiger partial charge in [-0.05, 0) is 35.8 Å². The maximum atomic E-state index is 12.5. The molecule has 3 heteroatoms. The Balaban J connectivity index is 2.40. The lowest BCUT2D eigenvalue weighted by atomic mass is 9.65. The lowest BCUT2D eigenvalue weighted by Gasteiger charge is -2.41. The van der Waals surface area contributed by atoms with E-state index < -0.39 is 0 Å². The molecule has 0 saturated carbocycles. The highest BCUT2D eigenvalue weighted by atomic mass is 16.2. The summed E-state index contributed by atoms with van der Waals surface area (Å²) in [7, 11) is 0. The van der Waals surface area contributed by atoms with Gasteiger partial charge >= 0.3 is 0 Å². The molecule has 3 nitrogen and oxygen atoms in total. The van der Waals surface area contributed by atoms with Gasteiger partial charge in [0, 0.05) is 6.42 Å². The second kappa shape index (κ2) is 6.00. The molecule has 1 saturated heterocycles. The topological polar surface area (TPSA) is 46.2 Å². The van der Waals surface area contributed by atoms with Gasteiger partial charge in [-0.2, -0.15) is 0 Å². The zero-order chi connectivity index (χ0) is 15.6. The molecular weight excluding hydrogens is 262 g/mol. The van der Waals surface area contributed by atoms with Crippen LogP contribution in [0.3, 0.4) is 0 Å². The first kappa shape index (κ1) is 15.7. The molecule has 2 atom stereocenters. The van der Waals surface area contributed by atoms with E-state index in [4.69, 9.17) is 0 Å². The van der Waals surface area contributed by atoms with Crippen molar-refractivity contribution in [3.8, 4) is 0 Å². The number of carbonyl (C=O) groups excluding carboxylic acids is 2. The zero-order valence-electron chi connectivity index (χ0n) is 13.4. The quantitative estimate of drug-likeness (QED) is 0.861. The van der Waals surface area contributed by atoms with Crippen LogP contribution in [0.2, 0.25) is 0 Å². The van der Waals surface area contributed by atoms with Gasteiger partial charge in [-0.25, -0.2) is 0 Å². The number of carbonyl (C=O) groups is 2. The molecule has 0 spiro atoms. The summed E-state index contributed by atoms with van der Waals surface area (Å²) in [5, 5.41) is 2.52. The highest BCUT2D eigenvalue weighted by Crippen LogP contribution is 2.46. The van der Waals surface area contributed by atoms with Crippen molar-refractivity contribution in [1.29, 1.82) is 0 Å². The third kappa shape index (κ3) is 3.34. The minimum atomic E-state index is -0.296. The summed E-state index contributed by atoms with van der Waals surface area (Å²) >= 11 is 0. The van der Waals surface area contributed by atoms with Gasteiger partial charge in [-0.15, -0.1) is 0 Å².